The summed E-state index contributed by atoms with van der Waals surface area (Å²) < 4.78 is 10.7. The third-order valence-electron chi connectivity index (χ3n) is 2.97. The highest BCUT2D eigenvalue weighted by molar-refractivity contribution is 5.74. The molecule has 1 rings (SSSR count). The van der Waals surface area contributed by atoms with Crippen LogP contribution in [0.1, 0.15) is 31.4 Å². The van der Waals surface area contributed by atoms with Crippen LogP contribution in [0.3, 0.4) is 0 Å². The van der Waals surface area contributed by atoms with E-state index in [1.165, 1.54) is 0 Å². The van der Waals surface area contributed by atoms with Crippen molar-refractivity contribution < 1.29 is 14.3 Å². The van der Waals surface area contributed by atoms with Crippen molar-refractivity contribution >= 4 is 5.91 Å². The van der Waals surface area contributed by atoms with Crippen LogP contribution in [0.5, 0.6) is 5.75 Å². The number of primary amides is 1. The Morgan fingerprint density at radius 1 is 1.45 bits per heavy atom. The molecule has 1 aromatic carbocycles. The number of ether oxygens (including phenoxy) is 2. The maximum atomic E-state index is 10.8. The number of nitrogens with one attached hydrogen (secondary N) is 1. The SMILES string of the molecule is CCOCc1cc(CNC(C)CC(N)=O)ccc1OC. The highest BCUT2D eigenvalue weighted by atomic mass is 16.5. The minimum Gasteiger partial charge on any atom is -0.496 e. The Kier molecular flexibility index (Phi) is 7.04. The van der Waals surface area contributed by atoms with Crippen LogP contribution in [0.4, 0.5) is 0 Å². The molecule has 0 fully saturated rings. The molecule has 0 bridgehead atoms. The van der Waals surface area contributed by atoms with Gasteiger partial charge >= 0.3 is 0 Å². The summed E-state index contributed by atoms with van der Waals surface area (Å²) in [7, 11) is 1.65. The summed E-state index contributed by atoms with van der Waals surface area (Å²) >= 11 is 0. The van der Waals surface area contributed by atoms with E-state index in [0.29, 0.717) is 26.2 Å². The van der Waals surface area contributed by atoms with Crippen LogP contribution < -0.4 is 15.8 Å². The molecular formula is C15H24N2O3. The average Bonchev–Trinajstić information content (AvgIpc) is 2.42. The summed E-state index contributed by atoms with van der Waals surface area (Å²) in [5.41, 5.74) is 7.31. The first-order valence-electron chi connectivity index (χ1n) is 6.82. The zero-order chi connectivity index (χ0) is 15.0. The van der Waals surface area contributed by atoms with Gasteiger partial charge in [0.25, 0.3) is 0 Å². The van der Waals surface area contributed by atoms with Crippen molar-refractivity contribution in [1.29, 1.82) is 0 Å². The van der Waals surface area contributed by atoms with Gasteiger partial charge in [0.1, 0.15) is 5.75 Å². The number of nitrogens with two attached hydrogens (primary N) is 1. The van der Waals surface area contributed by atoms with Crippen LogP contribution in [0, 0.1) is 0 Å². The Morgan fingerprint density at radius 3 is 2.80 bits per heavy atom. The molecule has 0 spiro atoms. The highest BCUT2D eigenvalue weighted by Gasteiger charge is 2.08. The van der Waals surface area contributed by atoms with E-state index in [4.69, 9.17) is 15.2 Å². The van der Waals surface area contributed by atoms with E-state index >= 15 is 0 Å². The van der Waals surface area contributed by atoms with Gasteiger partial charge in [0, 0.05) is 31.2 Å². The summed E-state index contributed by atoms with van der Waals surface area (Å²) in [6, 6.07) is 6.05. The molecule has 0 radical (unpaired) electrons. The maximum absolute atomic E-state index is 10.8. The predicted octanol–water partition coefficient (Wildman–Crippen LogP) is 1.59. The van der Waals surface area contributed by atoms with Gasteiger partial charge in [0.2, 0.25) is 5.91 Å². The lowest BCUT2D eigenvalue weighted by atomic mass is 10.1. The van der Waals surface area contributed by atoms with E-state index in [0.717, 1.165) is 16.9 Å². The number of benzene rings is 1. The second-order valence-electron chi connectivity index (χ2n) is 4.74. The van der Waals surface area contributed by atoms with Crippen molar-refractivity contribution in [2.24, 2.45) is 5.73 Å². The second-order valence-corrected chi connectivity index (χ2v) is 4.74. The van der Waals surface area contributed by atoms with Gasteiger partial charge in [-0.3, -0.25) is 4.79 Å². The first-order chi connectivity index (χ1) is 9.56. The lowest BCUT2D eigenvalue weighted by Gasteiger charge is -2.14. The van der Waals surface area contributed by atoms with E-state index in [2.05, 4.69) is 11.4 Å². The third kappa shape index (κ3) is 5.59. The molecule has 0 heterocycles. The molecule has 0 saturated carbocycles. The quantitative estimate of drug-likeness (QED) is 0.720. The van der Waals surface area contributed by atoms with Crippen molar-refractivity contribution in [3.63, 3.8) is 0 Å². The number of hydrogen-bond donors (Lipinski definition) is 2. The predicted molar refractivity (Wildman–Crippen MR) is 78.4 cm³/mol. The van der Waals surface area contributed by atoms with E-state index in [1.54, 1.807) is 7.11 Å². The minimum atomic E-state index is -0.295. The molecule has 3 N–H and O–H groups in total. The van der Waals surface area contributed by atoms with Crippen molar-refractivity contribution in [3.05, 3.63) is 29.3 Å². The van der Waals surface area contributed by atoms with Crippen molar-refractivity contribution in [3.8, 4) is 5.75 Å². The number of carbonyl (C=O) groups is 1. The molecule has 5 heteroatoms. The average molecular weight is 280 g/mol. The van der Waals surface area contributed by atoms with Crippen molar-refractivity contribution in [1.82, 2.24) is 5.32 Å². The fraction of sp³-hybridized carbons (Fsp3) is 0.533. The monoisotopic (exact) mass is 280 g/mol. The zero-order valence-electron chi connectivity index (χ0n) is 12.4. The lowest BCUT2D eigenvalue weighted by molar-refractivity contribution is -0.118. The Labute approximate surface area is 120 Å². The third-order valence-corrected chi connectivity index (χ3v) is 2.97. The molecule has 0 aliphatic heterocycles. The van der Waals surface area contributed by atoms with Crippen LogP contribution >= 0.6 is 0 Å². The van der Waals surface area contributed by atoms with Crippen LogP contribution in [-0.2, 0) is 22.7 Å². The van der Waals surface area contributed by atoms with Gasteiger partial charge in [-0.05, 0) is 31.5 Å². The van der Waals surface area contributed by atoms with Gasteiger partial charge in [-0.25, -0.2) is 0 Å². The topological polar surface area (TPSA) is 73.6 Å². The first kappa shape index (κ1) is 16.5. The van der Waals surface area contributed by atoms with E-state index in [1.807, 2.05) is 26.0 Å². The molecule has 20 heavy (non-hydrogen) atoms. The second kappa shape index (κ2) is 8.55. The maximum Gasteiger partial charge on any atom is 0.218 e. The Balaban J connectivity index is 2.63. The van der Waals surface area contributed by atoms with Crippen LogP contribution in [-0.4, -0.2) is 25.7 Å². The van der Waals surface area contributed by atoms with Crippen LogP contribution in [0.25, 0.3) is 0 Å². The fourth-order valence-electron chi connectivity index (χ4n) is 1.93. The fourth-order valence-corrected chi connectivity index (χ4v) is 1.93. The molecule has 5 nitrogen and oxygen atoms in total. The number of rotatable bonds is 9. The highest BCUT2D eigenvalue weighted by Crippen LogP contribution is 2.21. The number of methoxy groups -OCH3 is 1. The van der Waals surface area contributed by atoms with Crippen LogP contribution in [0.15, 0.2) is 18.2 Å². The minimum absolute atomic E-state index is 0.0601. The standard InChI is InChI=1S/C15H24N2O3/c1-4-20-10-13-8-12(5-6-14(13)19-3)9-17-11(2)7-15(16)18/h5-6,8,11,17H,4,7,9-10H2,1-3H3,(H2,16,18). The van der Waals surface area contributed by atoms with Gasteiger partial charge in [0.15, 0.2) is 0 Å². The van der Waals surface area contributed by atoms with Gasteiger partial charge in [0.05, 0.1) is 13.7 Å². The Hall–Kier alpha value is -1.59. The van der Waals surface area contributed by atoms with E-state index in [9.17, 15) is 4.79 Å². The summed E-state index contributed by atoms with van der Waals surface area (Å²) in [4.78, 5) is 10.8. The number of amides is 1. The molecular weight excluding hydrogens is 256 g/mol. The van der Waals surface area contributed by atoms with Gasteiger partial charge in [-0.15, -0.1) is 0 Å². The summed E-state index contributed by atoms with van der Waals surface area (Å²) in [5, 5.41) is 3.27. The van der Waals surface area contributed by atoms with Gasteiger partial charge in [-0.1, -0.05) is 6.07 Å². The van der Waals surface area contributed by atoms with Crippen LogP contribution in [0.2, 0.25) is 0 Å². The Morgan fingerprint density at radius 2 is 2.20 bits per heavy atom. The normalized spacial score (nSPS) is 12.2. The molecule has 1 aromatic rings. The molecule has 1 unspecified atom stereocenters. The number of carbonyl (C=O) groups excluding carboxylic acids is 1. The Bertz CT molecular complexity index is 435. The van der Waals surface area contributed by atoms with Crippen molar-refractivity contribution in [2.75, 3.05) is 13.7 Å². The zero-order valence-corrected chi connectivity index (χ0v) is 12.4. The van der Waals surface area contributed by atoms with Crippen molar-refractivity contribution in [2.45, 2.75) is 39.5 Å². The summed E-state index contributed by atoms with van der Waals surface area (Å²) in [5.74, 6) is 0.532. The smallest absolute Gasteiger partial charge is 0.218 e. The molecule has 112 valence electrons. The molecule has 1 atom stereocenters. The largest absolute Gasteiger partial charge is 0.496 e. The molecule has 0 aromatic heterocycles. The molecule has 0 aliphatic rings. The van der Waals surface area contributed by atoms with E-state index < -0.39 is 0 Å². The van der Waals surface area contributed by atoms with Gasteiger partial charge in [-0.2, -0.15) is 0 Å². The molecule has 1 amide bonds. The summed E-state index contributed by atoms with van der Waals surface area (Å²) in [6.07, 6.45) is 0.335. The lowest BCUT2D eigenvalue weighted by Crippen LogP contribution is -2.30. The van der Waals surface area contributed by atoms with Gasteiger partial charge < -0.3 is 20.5 Å². The first-order valence-corrected chi connectivity index (χ1v) is 6.82. The summed E-state index contributed by atoms with van der Waals surface area (Å²) in [6.45, 7) is 5.78. The number of hydrogen-bond acceptors (Lipinski definition) is 4. The van der Waals surface area contributed by atoms with E-state index in [-0.39, 0.29) is 11.9 Å². The molecule has 0 saturated heterocycles. The molecule has 0 aliphatic carbocycles.